The first-order valence-corrected chi connectivity index (χ1v) is 6.52. The van der Waals surface area contributed by atoms with E-state index >= 15 is 0 Å². The molecule has 0 bridgehead atoms. The summed E-state index contributed by atoms with van der Waals surface area (Å²) in [5.74, 6) is 0. The molecule has 1 heterocycles. The highest BCUT2D eigenvalue weighted by Gasteiger charge is 2.21. The smallest absolute Gasteiger partial charge is 0.274 e. The minimum atomic E-state index is -3.60. The van der Waals surface area contributed by atoms with Gasteiger partial charge in [0.2, 0.25) is 5.09 Å². The van der Waals surface area contributed by atoms with E-state index in [0.717, 1.165) is 0 Å². The second-order valence-electron chi connectivity index (χ2n) is 3.87. The van der Waals surface area contributed by atoms with Crippen LogP contribution in [0.25, 0.3) is 0 Å². The van der Waals surface area contributed by atoms with Crippen molar-refractivity contribution in [3.05, 3.63) is 16.8 Å². The van der Waals surface area contributed by atoms with Crippen LogP contribution in [0.5, 0.6) is 0 Å². The second kappa shape index (κ2) is 5.50. The van der Waals surface area contributed by atoms with Gasteiger partial charge in [0.1, 0.15) is 0 Å². The fourth-order valence-electron chi connectivity index (χ4n) is 0.794. The molecule has 0 aliphatic carbocycles. The summed E-state index contributed by atoms with van der Waals surface area (Å²) in [5.41, 5.74) is 5.06. The minimum absolute atomic E-state index is 0. The number of halogens is 2. The molecule has 0 saturated carbocycles. The molecule has 0 fully saturated rings. The van der Waals surface area contributed by atoms with Gasteiger partial charge in [0.25, 0.3) is 10.0 Å². The Morgan fingerprint density at radius 2 is 2.06 bits per heavy atom. The maximum Gasteiger partial charge on any atom is 0.274 e. The Hall–Kier alpha value is -0.0800. The highest BCUT2D eigenvalue weighted by atomic mass is 79.9. The Morgan fingerprint density at radius 1 is 1.50 bits per heavy atom. The van der Waals surface area contributed by atoms with E-state index in [0.29, 0.717) is 4.67 Å². The van der Waals surface area contributed by atoms with Crippen LogP contribution >= 0.6 is 28.3 Å². The van der Waals surface area contributed by atoms with Gasteiger partial charge >= 0.3 is 0 Å². The zero-order chi connectivity index (χ0) is 11.7. The van der Waals surface area contributed by atoms with Crippen LogP contribution in [0, 0.1) is 0 Å². The molecule has 0 radical (unpaired) electrons. The van der Waals surface area contributed by atoms with Crippen molar-refractivity contribution in [1.82, 2.24) is 4.72 Å². The van der Waals surface area contributed by atoms with Crippen LogP contribution in [0.4, 0.5) is 0 Å². The molecule has 3 N–H and O–H groups in total. The van der Waals surface area contributed by atoms with Crippen molar-refractivity contribution in [2.45, 2.75) is 24.5 Å². The van der Waals surface area contributed by atoms with Gasteiger partial charge in [-0.05, 0) is 41.9 Å². The molecule has 0 aliphatic heterocycles. The van der Waals surface area contributed by atoms with E-state index in [2.05, 4.69) is 20.7 Å². The monoisotopic (exact) mass is 332 g/mol. The van der Waals surface area contributed by atoms with Gasteiger partial charge in [-0.25, -0.2) is 13.1 Å². The molecule has 1 aromatic rings. The van der Waals surface area contributed by atoms with Crippen LogP contribution in [-0.4, -0.2) is 20.5 Å². The normalized spacial score (nSPS) is 12.2. The standard InChI is InChI=1S/C8H13BrN2O3S.ClH/c1-8(2,10)5-11-15(12,13)7-4-3-6(9)14-7;/h3-4,11H,5,10H2,1-2H3;1H. The van der Waals surface area contributed by atoms with E-state index in [9.17, 15) is 8.42 Å². The number of rotatable bonds is 4. The highest BCUT2D eigenvalue weighted by Crippen LogP contribution is 2.18. The first-order valence-electron chi connectivity index (χ1n) is 4.25. The van der Waals surface area contributed by atoms with Crippen LogP contribution in [0.1, 0.15) is 13.8 Å². The van der Waals surface area contributed by atoms with Crippen molar-refractivity contribution in [2.75, 3.05) is 6.54 Å². The molecule has 1 rings (SSSR count). The summed E-state index contributed by atoms with van der Waals surface area (Å²) in [6, 6.07) is 2.89. The van der Waals surface area contributed by atoms with Crippen LogP contribution in [-0.2, 0) is 10.0 Å². The maximum absolute atomic E-state index is 11.6. The predicted octanol–water partition coefficient (Wildman–Crippen LogP) is 1.48. The summed E-state index contributed by atoms with van der Waals surface area (Å²) >= 11 is 3.03. The Bertz CT molecular complexity index is 438. The quantitative estimate of drug-likeness (QED) is 0.874. The Labute approximate surface area is 109 Å². The van der Waals surface area contributed by atoms with Crippen molar-refractivity contribution in [3.8, 4) is 0 Å². The minimum Gasteiger partial charge on any atom is -0.437 e. The molecule has 8 heteroatoms. The molecule has 0 amide bonds. The topological polar surface area (TPSA) is 85.3 Å². The zero-order valence-electron chi connectivity index (χ0n) is 8.86. The number of nitrogens with two attached hydrogens (primary N) is 1. The maximum atomic E-state index is 11.6. The summed E-state index contributed by atoms with van der Waals surface area (Å²) < 4.78 is 30.9. The molecular formula is C8H14BrClN2O3S. The number of nitrogens with one attached hydrogen (secondary N) is 1. The number of hydrogen-bond acceptors (Lipinski definition) is 4. The van der Waals surface area contributed by atoms with Gasteiger partial charge in [-0.1, -0.05) is 0 Å². The van der Waals surface area contributed by atoms with Crippen LogP contribution < -0.4 is 10.5 Å². The number of hydrogen-bond donors (Lipinski definition) is 2. The fraction of sp³-hybridized carbons (Fsp3) is 0.500. The Morgan fingerprint density at radius 3 is 2.44 bits per heavy atom. The molecular weight excluding hydrogens is 320 g/mol. The Balaban J connectivity index is 0.00000225. The van der Waals surface area contributed by atoms with Crippen LogP contribution in [0.3, 0.4) is 0 Å². The largest absolute Gasteiger partial charge is 0.437 e. The lowest BCUT2D eigenvalue weighted by Gasteiger charge is -2.18. The van der Waals surface area contributed by atoms with Crippen LogP contribution in [0.2, 0.25) is 0 Å². The van der Waals surface area contributed by atoms with Gasteiger partial charge in [0.15, 0.2) is 4.67 Å². The van der Waals surface area contributed by atoms with Crippen LogP contribution in [0.15, 0.2) is 26.3 Å². The molecule has 0 aliphatic rings. The molecule has 5 nitrogen and oxygen atoms in total. The average Bonchev–Trinajstić information content (AvgIpc) is 2.48. The van der Waals surface area contributed by atoms with Crippen molar-refractivity contribution < 1.29 is 12.8 Å². The lowest BCUT2D eigenvalue weighted by Crippen LogP contribution is -2.44. The Kier molecular flexibility index (Phi) is 5.48. The molecule has 0 saturated heterocycles. The van der Waals surface area contributed by atoms with E-state index in [1.807, 2.05) is 0 Å². The lowest BCUT2D eigenvalue weighted by atomic mass is 10.1. The van der Waals surface area contributed by atoms with Gasteiger partial charge in [0, 0.05) is 12.1 Å². The van der Waals surface area contributed by atoms with Crippen molar-refractivity contribution in [2.24, 2.45) is 5.73 Å². The summed E-state index contributed by atoms with van der Waals surface area (Å²) in [6.07, 6.45) is 0. The van der Waals surface area contributed by atoms with E-state index in [1.54, 1.807) is 13.8 Å². The SMILES string of the molecule is CC(C)(N)CNS(=O)(=O)c1ccc(Br)o1.Cl. The third-order valence-electron chi connectivity index (χ3n) is 1.53. The fourth-order valence-corrected chi connectivity index (χ4v) is 2.36. The van der Waals surface area contributed by atoms with Gasteiger partial charge in [-0.15, -0.1) is 12.4 Å². The number of furan rings is 1. The van der Waals surface area contributed by atoms with Gasteiger partial charge in [-0.2, -0.15) is 0 Å². The average molecular weight is 334 g/mol. The third-order valence-corrected chi connectivity index (χ3v) is 3.23. The summed E-state index contributed by atoms with van der Waals surface area (Å²) in [5, 5.41) is -0.126. The molecule has 94 valence electrons. The van der Waals surface area contributed by atoms with E-state index in [-0.39, 0.29) is 24.0 Å². The summed E-state index contributed by atoms with van der Waals surface area (Å²) in [6.45, 7) is 3.61. The van der Waals surface area contributed by atoms with E-state index in [1.165, 1.54) is 12.1 Å². The summed E-state index contributed by atoms with van der Waals surface area (Å²) in [4.78, 5) is 0. The molecule has 0 atom stereocenters. The van der Waals surface area contributed by atoms with E-state index < -0.39 is 15.6 Å². The van der Waals surface area contributed by atoms with Crippen molar-refractivity contribution in [1.29, 1.82) is 0 Å². The first-order chi connectivity index (χ1) is 6.71. The zero-order valence-corrected chi connectivity index (χ0v) is 12.1. The third kappa shape index (κ3) is 4.84. The molecule has 0 spiro atoms. The molecule has 0 aromatic carbocycles. The van der Waals surface area contributed by atoms with Gasteiger partial charge < -0.3 is 10.2 Å². The number of sulfonamides is 1. The van der Waals surface area contributed by atoms with Gasteiger partial charge in [0.05, 0.1) is 0 Å². The van der Waals surface area contributed by atoms with Gasteiger partial charge in [-0.3, -0.25) is 0 Å². The van der Waals surface area contributed by atoms with Crippen molar-refractivity contribution in [3.63, 3.8) is 0 Å². The second-order valence-corrected chi connectivity index (χ2v) is 6.35. The first kappa shape index (κ1) is 15.9. The lowest BCUT2D eigenvalue weighted by molar-refractivity contribution is 0.423. The predicted molar refractivity (Wildman–Crippen MR) is 67.1 cm³/mol. The van der Waals surface area contributed by atoms with E-state index in [4.69, 9.17) is 10.2 Å². The molecule has 1 aromatic heterocycles. The summed E-state index contributed by atoms with van der Waals surface area (Å²) in [7, 11) is -3.60. The molecule has 0 unspecified atom stereocenters. The highest BCUT2D eigenvalue weighted by molar-refractivity contribution is 9.10. The molecule has 16 heavy (non-hydrogen) atoms. The van der Waals surface area contributed by atoms with Crippen molar-refractivity contribution >= 4 is 38.4 Å².